The summed E-state index contributed by atoms with van der Waals surface area (Å²) in [6, 6.07) is 6.01. The molecule has 2 rings (SSSR count). The van der Waals surface area contributed by atoms with Gasteiger partial charge in [-0.1, -0.05) is 13.0 Å². The quantitative estimate of drug-likeness (QED) is 0.856. The van der Waals surface area contributed by atoms with Crippen molar-refractivity contribution in [1.82, 2.24) is 4.90 Å². The predicted molar refractivity (Wildman–Crippen MR) is 76.4 cm³/mol. The van der Waals surface area contributed by atoms with Gasteiger partial charge >= 0.3 is 6.03 Å². The van der Waals surface area contributed by atoms with E-state index in [1.165, 1.54) is 17.5 Å². The van der Waals surface area contributed by atoms with E-state index in [4.69, 9.17) is 5.11 Å². The van der Waals surface area contributed by atoms with Gasteiger partial charge in [0.1, 0.15) is 0 Å². The lowest BCUT2D eigenvalue weighted by atomic mass is 10.1. The molecule has 0 fully saturated rings. The number of nitrogens with one attached hydrogen (secondary N) is 1. The summed E-state index contributed by atoms with van der Waals surface area (Å²) < 4.78 is 0. The molecule has 0 spiro atoms. The predicted octanol–water partition coefficient (Wildman–Crippen LogP) is 2.41. The minimum atomic E-state index is -0.131. The van der Waals surface area contributed by atoms with Crippen molar-refractivity contribution in [3.05, 3.63) is 29.3 Å². The average molecular weight is 262 g/mol. The second-order valence-electron chi connectivity index (χ2n) is 4.98. The Bertz CT molecular complexity index is 440. The van der Waals surface area contributed by atoms with Crippen LogP contribution in [0, 0.1) is 0 Å². The number of rotatable bonds is 5. The Balaban J connectivity index is 2.01. The van der Waals surface area contributed by atoms with Gasteiger partial charge in [-0.3, -0.25) is 0 Å². The second-order valence-corrected chi connectivity index (χ2v) is 4.98. The van der Waals surface area contributed by atoms with E-state index in [1.54, 1.807) is 4.90 Å². The van der Waals surface area contributed by atoms with Gasteiger partial charge in [0.15, 0.2) is 0 Å². The number of carbonyl (C=O) groups excluding carboxylic acids is 1. The van der Waals surface area contributed by atoms with Crippen molar-refractivity contribution >= 4 is 11.7 Å². The number of fused-ring (bicyclic) bond motifs is 1. The zero-order valence-corrected chi connectivity index (χ0v) is 11.5. The Labute approximate surface area is 114 Å². The van der Waals surface area contributed by atoms with E-state index < -0.39 is 0 Å². The smallest absolute Gasteiger partial charge is 0.321 e. The van der Waals surface area contributed by atoms with Crippen molar-refractivity contribution in [1.29, 1.82) is 0 Å². The number of nitrogens with zero attached hydrogens (tertiary/aromatic N) is 1. The molecule has 0 saturated heterocycles. The number of aliphatic hydroxyl groups excluding tert-OH is 1. The molecule has 0 heterocycles. The molecule has 0 radical (unpaired) electrons. The Morgan fingerprint density at radius 3 is 2.84 bits per heavy atom. The summed E-state index contributed by atoms with van der Waals surface area (Å²) in [4.78, 5) is 13.7. The van der Waals surface area contributed by atoms with Gasteiger partial charge in [0, 0.05) is 18.8 Å². The highest BCUT2D eigenvalue weighted by Crippen LogP contribution is 2.24. The monoisotopic (exact) mass is 262 g/mol. The normalized spacial score (nSPS) is 13.2. The molecule has 0 aliphatic heterocycles. The second kappa shape index (κ2) is 6.57. The highest BCUT2D eigenvalue weighted by atomic mass is 16.3. The van der Waals surface area contributed by atoms with Crippen LogP contribution in [-0.4, -0.2) is 35.7 Å². The molecule has 1 aliphatic rings. The minimum Gasteiger partial charge on any atom is -0.395 e. The summed E-state index contributed by atoms with van der Waals surface area (Å²) in [6.45, 7) is 3.06. The topological polar surface area (TPSA) is 52.6 Å². The van der Waals surface area contributed by atoms with Crippen LogP contribution in [0.3, 0.4) is 0 Å². The molecule has 2 amide bonds. The van der Waals surface area contributed by atoms with Gasteiger partial charge in [0.25, 0.3) is 0 Å². The molecular weight excluding hydrogens is 240 g/mol. The van der Waals surface area contributed by atoms with E-state index in [-0.39, 0.29) is 12.6 Å². The standard InChI is InChI=1S/C15H22N2O2/c1-2-8-17(9-10-18)15(19)16-14-7-6-12-4-3-5-13(12)11-14/h6-7,11,18H,2-5,8-10H2,1H3,(H,16,19). The number of amides is 2. The first kappa shape index (κ1) is 13.9. The molecule has 1 aromatic rings. The van der Waals surface area contributed by atoms with Crippen molar-refractivity contribution in [2.24, 2.45) is 0 Å². The van der Waals surface area contributed by atoms with Gasteiger partial charge in [-0.25, -0.2) is 4.79 Å². The van der Waals surface area contributed by atoms with E-state index >= 15 is 0 Å². The molecule has 104 valence electrons. The highest BCUT2D eigenvalue weighted by Gasteiger charge is 2.14. The van der Waals surface area contributed by atoms with E-state index in [0.29, 0.717) is 13.1 Å². The molecule has 1 aromatic carbocycles. The minimum absolute atomic E-state index is 0.00237. The van der Waals surface area contributed by atoms with E-state index in [9.17, 15) is 4.79 Å². The number of aliphatic hydroxyl groups is 1. The molecule has 0 aromatic heterocycles. The van der Waals surface area contributed by atoms with E-state index in [0.717, 1.165) is 24.9 Å². The summed E-state index contributed by atoms with van der Waals surface area (Å²) >= 11 is 0. The van der Waals surface area contributed by atoms with Gasteiger partial charge in [0.2, 0.25) is 0 Å². The highest BCUT2D eigenvalue weighted by molar-refractivity contribution is 5.89. The molecule has 0 saturated carbocycles. The van der Waals surface area contributed by atoms with Crippen molar-refractivity contribution in [3.63, 3.8) is 0 Å². The third-order valence-corrected chi connectivity index (χ3v) is 3.50. The number of hydrogen-bond donors (Lipinski definition) is 2. The van der Waals surface area contributed by atoms with Crippen molar-refractivity contribution in [2.75, 3.05) is 25.0 Å². The van der Waals surface area contributed by atoms with Crippen LogP contribution in [0.1, 0.15) is 30.9 Å². The van der Waals surface area contributed by atoms with Gasteiger partial charge in [-0.05, 0) is 48.9 Å². The molecular formula is C15H22N2O2. The number of anilines is 1. The van der Waals surface area contributed by atoms with E-state index in [1.807, 2.05) is 13.0 Å². The third-order valence-electron chi connectivity index (χ3n) is 3.50. The molecule has 4 heteroatoms. The fraction of sp³-hybridized carbons (Fsp3) is 0.533. The summed E-state index contributed by atoms with van der Waals surface area (Å²) in [5.74, 6) is 0. The lowest BCUT2D eigenvalue weighted by Crippen LogP contribution is -2.37. The van der Waals surface area contributed by atoms with Crippen LogP contribution >= 0.6 is 0 Å². The van der Waals surface area contributed by atoms with E-state index in [2.05, 4.69) is 17.4 Å². The first-order valence-electron chi connectivity index (χ1n) is 7.03. The van der Waals surface area contributed by atoms with Gasteiger partial charge in [-0.15, -0.1) is 0 Å². The van der Waals surface area contributed by atoms with Crippen molar-refractivity contribution in [2.45, 2.75) is 32.6 Å². The van der Waals surface area contributed by atoms with Gasteiger partial charge in [0.05, 0.1) is 6.61 Å². The fourth-order valence-electron chi connectivity index (χ4n) is 2.56. The zero-order chi connectivity index (χ0) is 13.7. The van der Waals surface area contributed by atoms with Gasteiger partial charge in [-0.2, -0.15) is 0 Å². The Hall–Kier alpha value is -1.55. The number of urea groups is 1. The van der Waals surface area contributed by atoms with Crippen LogP contribution in [0.2, 0.25) is 0 Å². The van der Waals surface area contributed by atoms with Crippen molar-refractivity contribution in [3.8, 4) is 0 Å². The first-order chi connectivity index (χ1) is 9.24. The van der Waals surface area contributed by atoms with Crippen LogP contribution in [0.5, 0.6) is 0 Å². The Morgan fingerprint density at radius 2 is 2.11 bits per heavy atom. The number of benzene rings is 1. The molecule has 4 nitrogen and oxygen atoms in total. The molecule has 19 heavy (non-hydrogen) atoms. The SMILES string of the molecule is CCCN(CCO)C(=O)Nc1ccc2c(c1)CCC2. The van der Waals surface area contributed by atoms with Crippen LogP contribution < -0.4 is 5.32 Å². The molecule has 1 aliphatic carbocycles. The molecule has 0 unspecified atom stereocenters. The third kappa shape index (κ3) is 3.47. The summed E-state index contributed by atoms with van der Waals surface area (Å²) in [5.41, 5.74) is 3.60. The first-order valence-corrected chi connectivity index (χ1v) is 7.03. The maximum atomic E-state index is 12.1. The summed E-state index contributed by atoms with van der Waals surface area (Å²) in [7, 11) is 0. The van der Waals surface area contributed by atoms with Crippen molar-refractivity contribution < 1.29 is 9.90 Å². The van der Waals surface area contributed by atoms with Crippen LogP contribution in [0.15, 0.2) is 18.2 Å². The number of hydrogen-bond acceptors (Lipinski definition) is 2. The summed E-state index contributed by atoms with van der Waals surface area (Å²) in [5, 5.41) is 11.9. The Kier molecular flexibility index (Phi) is 4.80. The summed E-state index contributed by atoms with van der Waals surface area (Å²) in [6.07, 6.45) is 4.35. The average Bonchev–Trinajstić information content (AvgIpc) is 2.86. The molecule has 0 bridgehead atoms. The molecule has 2 N–H and O–H groups in total. The van der Waals surface area contributed by atoms with Crippen LogP contribution in [0.4, 0.5) is 10.5 Å². The van der Waals surface area contributed by atoms with Gasteiger partial charge < -0.3 is 15.3 Å². The lowest BCUT2D eigenvalue weighted by Gasteiger charge is -2.21. The maximum absolute atomic E-state index is 12.1. The largest absolute Gasteiger partial charge is 0.395 e. The number of carbonyl (C=O) groups is 1. The lowest BCUT2D eigenvalue weighted by molar-refractivity contribution is 0.188. The van der Waals surface area contributed by atoms with Crippen LogP contribution in [-0.2, 0) is 12.8 Å². The zero-order valence-electron chi connectivity index (χ0n) is 11.5. The maximum Gasteiger partial charge on any atom is 0.321 e. The Morgan fingerprint density at radius 1 is 1.32 bits per heavy atom. The fourth-order valence-corrected chi connectivity index (χ4v) is 2.56. The molecule has 0 atom stereocenters. The van der Waals surface area contributed by atoms with Crippen LogP contribution in [0.25, 0.3) is 0 Å². The number of aryl methyl sites for hydroxylation is 2.